The van der Waals surface area contributed by atoms with Gasteiger partial charge in [-0.15, -0.1) is 0 Å². The Morgan fingerprint density at radius 2 is 2.45 bits per heavy atom. The molecule has 0 bridgehead atoms. The lowest BCUT2D eigenvalue weighted by Gasteiger charge is -2.25. The summed E-state index contributed by atoms with van der Waals surface area (Å²) >= 11 is 0. The third kappa shape index (κ3) is 0.971. The highest BCUT2D eigenvalue weighted by Gasteiger charge is 2.29. The summed E-state index contributed by atoms with van der Waals surface area (Å²) in [5, 5.41) is 0. The van der Waals surface area contributed by atoms with Crippen LogP contribution < -0.4 is 0 Å². The lowest BCUT2D eigenvalue weighted by atomic mass is 9.89. The molecule has 2 heterocycles. The van der Waals surface area contributed by atoms with Gasteiger partial charge < -0.3 is 4.90 Å². The van der Waals surface area contributed by atoms with Crippen molar-refractivity contribution in [1.82, 2.24) is 4.90 Å². The van der Waals surface area contributed by atoms with Crippen molar-refractivity contribution < 1.29 is 0 Å². The molecule has 2 heteroatoms. The predicted octanol–water partition coefficient (Wildman–Crippen LogP) is 1.50. The van der Waals surface area contributed by atoms with Crippen molar-refractivity contribution in [3.05, 3.63) is 12.3 Å². The highest BCUT2D eigenvalue weighted by molar-refractivity contribution is 5.89. The van der Waals surface area contributed by atoms with Crippen molar-refractivity contribution in [2.75, 3.05) is 13.6 Å². The van der Waals surface area contributed by atoms with E-state index in [2.05, 4.69) is 36.1 Å². The molecule has 0 radical (unpaired) electrons. The number of amidine groups is 1. The molecule has 60 valence electrons. The molecule has 2 nitrogen and oxygen atoms in total. The Labute approximate surface area is 67.6 Å². The summed E-state index contributed by atoms with van der Waals surface area (Å²) < 4.78 is 0. The van der Waals surface area contributed by atoms with Crippen molar-refractivity contribution in [3.63, 3.8) is 0 Å². The molecule has 0 saturated heterocycles. The van der Waals surface area contributed by atoms with E-state index in [9.17, 15) is 0 Å². The van der Waals surface area contributed by atoms with Gasteiger partial charge in [-0.25, -0.2) is 0 Å². The number of rotatable bonds is 0. The lowest BCUT2D eigenvalue weighted by molar-refractivity contribution is 0.452. The quantitative estimate of drug-likeness (QED) is 0.511. The first-order valence-electron chi connectivity index (χ1n) is 4.24. The van der Waals surface area contributed by atoms with Crippen LogP contribution >= 0.6 is 0 Å². The van der Waals surface area contributed by atoms with Crippen LogP contribution in [0.3, 0.4) is 0 Å². The zero-order valence-corrected chi connectivity index (χ0v) is 7.12. The predicted molar refractivity (Wildman–Crippen MR) is 46.5 cm³/mol. The molecule has 0 saturated carbocycles. The first-order valence-corrected chi connectivity index (χ1v) is 4.24. The fourth-order valence-electron chi connectivity index (χ4n) is 1.84. The summed E-state index contributed by atoms with van der Waals surface area (Å²) in [7, 11) is 2.08. The van der Waals surface area contributed by atoms with Gasteiger partial charge in [-0.3, -0.25) is 4.99 Å². The van der Waals surface area contributed by atoms with Gasteiger partial charge in [0.25, 0.3) is 0 Å². The van der Waals surface area contributed by atoms with E-state index in [4.69, 9.17) is 0 Å². The first kappa shape index (κ1) is 6.89. The molecule has 11 heavy (non-hydrogen) atoms. The number of hydrogen-bond donors (Lipinski definition) is 0. The molecule has 0 spiro atoms. The highest BCUT2D eigenvalue weighted by atomic mass is 15.2. The molecule has 0 aliphatic carbocycles. The molecule has 0 N–H and O–H groups in total. The Balaban J connectivity index is 2.27. The Morgan fingerprint density at radius 1 is 1.64 bits per heavy atom. The lowest BCUT2D eigenvalue weighted by Crippen LogP contribution is -2.30. The molecule has 2 aliphatic rings. The summed E-state index contributed by atoms with van der Waals surface area (Å²) in [6.45, 7) is 3.32. The average Bonchev–Trinajstić information content (AvgIpc) is 2.35. The minimum absolute atomic E-state index is 0.605. The van der Waals surface area contributed by atoms with Crippen molar-refractivity contribution in [3.8, 4) is 0 Å². The summed E-state index contributed by atoms with van der Waals surface area (Å²) in [6, 6.07) is 0. The second-order valence-corrected chi connectivity index (χ2v) is 3.48. The van der Waals surface area contributed by atoms with Crippen LogP contribution in [0.15, 0.2) is 17.3 Å². The van der Waals surface area contributed by atoms with Gasteiger partial charge in [0.05, 0.1) is 0 Å². The summed E-state index contributed by atoms with van der Waals surface area (Å²) in [5.74, 6) is 2.65. The monoisotopic (exact) mass is 150 g/mol. The van der Waals surface area contributed by atoms with E-state index >= 15 is 0 Å². The summed E-state index contributed by atoms with van der Waals surface area (Å²) in [6.07, 6.45) is 5.64. The van der Waals surface area contributed by atoms with Crippen LogP contribution in [0.1, 0.15) is 13.3 Å². The molecule has 2 unspecified atom stereocenters. The Hall–Kier alpha value is -0.790. The maximum Gasteiger partial charge on any atom is 0.110 e. The Bertz CT molecular complexity index is 218. The minimum Gasteiger partial charge on any atom is -0.340 e. The van der Waals surface area contributed by atoms with Crippen LogP contribution in [0.2, 0.25) is 0 Å². The number of hydrogen-bond acceptors (Lipinski definition) is 2. The average molecular weight is 150 g/mol. The number of nitrogens with zero attached hydrogens (tertiary/aromatic N) is 2. The molecule has 0 amide bonds. The van der Waals surface area contributed by atoms with Crippen LogP contribution in [0.4, 0.5) is 0 Å². The zero-order chi connectivity index (χ0) is 7.84. The molecule has 0 aromatic heterocycles. The van der Waals surface area contributed by atoms with E-state index in [0.717, 1.165) is 12.5 Å². The molecule has 2 aliphatic heterocycles. The highest BCUT2D eigenvalue weighted by Crippen LogP contribution is 2.28. The Morgan fingerprint density at radius 3 is 3.18 bits per heavy atom. The van der Waals surface area contributed by atoms with Crippen LogP contribution in [0.25, 0.3) is 0 Å². The molecule has 0 fully saturated rings. The van der Waals surface area contributed by atoms with Crippen molar-refractivity contribution in [1.29, 1.82) is 0 Å². The zero-order valence-electron chi connectivity index (χ0n) is 7.12. The molecular weight excluding hydrogens is 136 g/mol. The normalized spacial score (nSPS) is 35.5. The van der Waals surface area contributed by atoms with Gasteiger partial charge >= 0.3 is 0 Å². The fraction of sp³-hybridized carbons (Fsp3) is 0.667. The third-order valence-electron chi connectivity index (χ3n) is 2.65. The number of aliphatic imine (C=N–C) groups is 1. The molecule has 2 atom stereocenters. The summed E-state index contributed by atoms with van der Waals surface area (Å²) in [5.41, 5.74) is 0. The third-order valence-corrected chi connectivity index (χ3v) is 2.65. The second kappa shape index (κ2) is 2.36. The van der Waals surface area contributed by atoms with Crippen LogP contribution in [0.5, 0.6) is 0 Å². The van der Waals surface area contributed by atoms with Gasteiger partial charge in [0.2, 0.25) is 0 Å². The van der Waals surface area contributed by atoms with Crippen molar-refractivity contribution in [2.45, 2.75) is 13.3 Å². The molecule has 0 aromatic rings. The second-order valence-electron chi connectivity index (χ2n) is 3.48. The van der Waals surface area contributed by atoms with E-state index in [1.165, 1.54) is 12.3 Å². The van der Waals surface area contributed by atoms with E-state index in [1.54, 1.807) is 0 Å². The van der Waals surface area contributed by atoms with Gasteiger partial charge in [0.15, 0.2) is 0 Å². The largest absolute Gasteiger partial charge is 0.340 e. The van der Waals surface area contributed by atoms with Gasteiger partial charge in [-0.2, -0.15) is 0 Å². The maximum atomic E-state index is 4.50. The van der Waals surface area contributed by atoms with Crippen LogP contribution in [0, 0.1) is 11.8 Å². The van der Waals surface area contributed by atoms with E-state index in [-0.39, 0.29) is 0 Å². The van der Waals surface area contributed by atoms with Crippen LogP contribution in [-0.4, -0.2) is 24.3 Å². The van der Waals surface area contributed by atoms with Crippen molar-refractivity contribution in [2.24, 2.45) is 16.8 Å². The van der Waals surface area contributed by atoms with Crippen molar-refractivity contribution >= 4 is 5.84 Å². The van der Waals surface area contributed by atoms with E-state index in [0.29, 0.717) is 5.92 Å². The van der Waals surface area contributed by atoms with Gasteiger partial charge in [-0.1, -0.05) is 13.0 Å². The summed E-state index contributed by atoms with van der Waals surface area (Å²) in [4.78, 5) is 6.64. The smallest absolute Gasteiger partial charge is 0.110 e. The Kier molecular flexibility index (Phi) is 1.48. The maximum absolute atomic E-state index is 4.50. The van der Waals surface area contributed by atoms with Gasteiger partial charge in [0, 0.05) is 25.7 Å². The standard InChI is InChI=1S/C9H14N2/c1-7-3-5-10-9-8(7)4-6-11(9)2/h4,6-8H,3,5H2,1-2H3. The topological polar surface area (TPSA) is 15.6 Å². The fourth-order valence-corrected chi connectivity index (χ4v) is 1.84. The van der Waals surface area contributed by atoms with E-state index in [1.807, 2.05) is 0 Å². The molecule has 0 aromatic carbocycles. The molecular formula is C9H14N2. The first-order chi connectivity index (χ1) is 5.29. The van der Waals surface area contributed by atoms with Crippen LogP contribution in [-0.2, 0) is 0 Å². The van der Waals surface area contributed by atoms with Gasteiger partial charge in [0.1, 0.15) is 5.84 Å². The molecule has 2 rings (SSSR count). The SMILES string of the molecule is CC1CCN=C2C1C=CN2C. The van der Waals surface area contributed by atoms with E-state index < -0.39 is 0 Å². The van der Waals surface area contributed by atoms with Gasteiger partial charge in [-0.05, 0) is 12.3 Å². The minimum atomic E-state index is 0.605. The number of fused-ring (bicyclic) bond motifs is 1.